The van der Waals surface area contributed by atoms with Gasteiger partial charge in [0.15, 0.2) is 5.82 Å². The van der Waals surface area contributed by atoms with Gasteiger partial charge in [0.05, 0.1) is 5.92 Å². The number of nitrogens with one attached hydrogen (secondary N) is 1. The van der Waals surface area contributed by atoms with Crippen molar-refractivity contribution in [2.75, 3.05) is 5.32 Å². The zero-order valence-corrected chi connectivity index (χ0v) is 15.2. The van der Waals surface area contributed by atoms with Gasteiger partial charge in [-0.3, -0.25) is 0 Å². The van der Waals surface area contributed by atoms with E-state index in [4.69, 9.17) is 0 Å². The van der Waals surface area contributed by atoms with Gasteiger partial charge in [-0.15, -0.1) is 0 Å². The Morgan fingerprint density at radius 1 is 1.10 bits per heavy atom. The van der Waals surface area contributed by atoms with Crippen LogP contribution < -0.4 is 5.32 Å². The largest absolute Gasteiger partial charge is 0.408 e. The molecule has 164 valence electrons. The van der Waals surface area contributed by atoms with E-state index in [1.165, 1.54) is 0 Å². The molecule has 1 heterocycles. The number of alkyl halides is 8. The van der Waals surface area contributed by atoms with Crippen LogP contribution in [0.1, 0.15) is 38.3 Å². The topological polar surface area (TPSA) is 70.9 Å². The number of hydrogen-bond acceptors (Lipinski definition) is 5. The molecule has 0 spiro atoms. The van der Waals surface area contributed by atoms with E-state index in [2.05, 4.69) is 15.0 Å². The zero-order valence-electron chi connectivity index (χ0n) is 15.2. The molecule has 2 N–H and O–H groups in total. The summed E-state index contributed by atoms with van der Waals surface area (Å²) >= 11 is 0. The highest BCUT2D eigenvalue weighted by Crippen LogP contribution is 2.36. The predicted octanol–water partition coefficient (Wildman–Crippen LogP) is 4.15. The zero-order chi connectivity index (χ0) is 22.2. The monoisotopic (exact) mass is 434 g/mol. The summed E-state index contributed by atoms with van der Waals surface area (Å²) in [5.41, 5.74) is -0.0190. The van der Waals surface area contributed by atoms with Gasteiger partial charge in [0.25, 0.3) is 5.92 Å². The van der Waals surface area contributed by atoms with E-state index in [0.717, 1.165) is 19.9 Å². The Balaban J connectivity index is 2.42. The minimum Gasteiger partial charge on any atom is -0.383 e. The summed E-state index contributed by atoms with van der Waals surface area (Å²) in [5, 5.41) is 11.4. The van der Waals surface area contributed by atoms with Crippen LogP contribution in [0.2, 0.25) is 0 Å². The lowest BCUT2D eigenvalue weighted by Crippen LogP contribution is -2.35. The Kier molecular flexibility index (Phi) is 6.40. The first-order chi connectivity index (χ1) is 13.1. The molecule has 0 saturated heterocycles. The molecule has 0 unspecified atom stereocenters. The van der Waals surface area contributed by atoms with Crippen LogP contribution in [-0.4, -0.2) is 50.5 Å². The van der Waals surface area contributed by atoms with Crippen molar-refractivity contribution >= 4 is 11.5 Å². The third-order valence-electron chi connectivity index (χ3n) is 4.37. The van der Waals surface area contributed by atoms with Crippen LogP contribution in [0.15, 0.2) is 6.08 Å². The average Bonchev–Trinajstić information content (AvgIpc) is 2.55. The number of aromatic nitrogens is 3. The Hall–Kier alpha value is -2.05. The number of rotatable bonds is 5. The normalized spacial score (nSPS) is 22.0. The van der Waals surface area contributed by atoms with Gasteiger partial charge in [-0.2, -0.15) is 36.3 Å². The van der Waals surface area contributed by atoms with Crippen LogP contribution in [-0.2, 0) is 6.42 Å². The third-order valence-corrected chi connectivity index (χ3v) is 4.37. The number of anilines is 1. The summed E-state index contributed by atoms with van der Waals surface area (Å²) in [6.45, 7) is 1.60. The second-order valence-electron chi connectivity index (χ2n) is 6.85. The second kappa shape index (κ2) is 8.00. The van der Waals surface area contributed by atoms with Gasteiger partial charge in [0.1, 0.15) is 18.0 Å². The fraction of sp³-hybridized carbons (Fsp3) is 0.688. The van der Waals surface area contributed by atoms with E-state index in [0.29, 0.717) is 0 Å². The van der Waals surface area contributed by atoms with Gasteiger partial charge >= 0.3 is 12.4 Å². The number of aliphatic hydroxyl groups is 1. The van der Waals surface area contributed by atoms with Crippen molar-refractivity contribution in [2.24, 2.45) is 5.92 Å². The maximum absolute atomic E-state index is 13.4. The Bertz CT molecular complexity index is 722. The lowest BCUT2D eigenvalue weighted by Gasteiger charge is -2.26. The summed E-state index contributed by atoms with van der Waals surface area (Å²) < 4.78 is 104. The molecule has 0 saturated carbocycles. The fourth-order valence-corrected chi connectivity index (χ4v) is 2.42. The fourth-order valence-electron chi connectivity index (χ4n) is 2.42. The molecule has 1 aromatic heterocycles. The van der Waals surface area contributed by atoms with Gasteiger partial charge < -0.3 is 10.4 Å². The maximum atomic E-state index is 13.4. The lowest BCUT2D eigenvalue weighted by molar-refractivity contribution is -0.169. The molecule has 0 fully saturated rings. The summed E-state index contributed by atoms with van der Waals surface area (Å²) in [4.78, 5) is 11.1. The van der Waals surface area contributed by atoms with E-state index in [9.17, 15) is 40.2 Å². The van der Waals surface area contributed by atoms with E-state index >= 15 is 0 Å². The van der Waals surface area contributed by atoms with E-state index < -0.39 is 61.0 Å². The summed E-state index contributed by atoms with van der Waals surface area (Å²) in [6, 6.07) is -2.12. The molecular formula is C16H18F8N4O. The van der Waals surface area contributed by atoms with Crippen molar-refractivity contribution < 1.29 is 40.2 Å². The predicted molar refractivity (Wildman–Crippen MR) is 86.1 cm³/mol. The average molecular weight is 434 g/mol. The molecule has 1 aliphatic carbocycles. The lowest BCUT2D eigenvalue weighted by atomic mass is 9.93. The van der Waals surface area contributed by atoms with E-state index in [1.54, 1.807) is 0 Å². The van der Waals surface area contributed by atoms with Gasteiger partial charge in [0.2, 0.25) is 5.95 Å². The SMILES string of the molecule is C[C@@H](Cc1nc(N[C@H](C)C(F)(F)F)nc(C2=C[C@@H](O)C(F)(F)CC2)n1)C(F)(F)F. The van der Waals surface area contributed by atoms with Crippen molar-refractivity contribution in [1.29, 1.82) is 0 Å². The van der Waals surface area contributed by atoms with Crippen molar-refractivity contribution in [3.8, 4) is 0 Å². The molecular weight excluding hydrogens is 416 g/mol. The summed E-state index contributed by atoms with van der Waals surface area (Å²) in [6.07, 6.45) is -12.6. The molecule has 2 rings (SSSR count). The first kappa shape index (κ1) is 23.2. The van der Waals surface area contributed by atoms with Crippen molar-refractivity contribution in [1.82, 2.24) is 15.0 Å². The van der Waals surface area contributed by atoms with Crippen molar-refractivity contribution in [2.45, 2.75) is 63.5 Å². The molecule has 0 aromatic carbocycles. The summed E-state index contributed by atoms with van der Waals surface area (Å²) in [7, 11) is 0. The van der Waals surface area contributed by atoms with Crippen molar-refractivity contribution in [3.63, 3.8) is 0 Å². The molecule has 13 heteroatoms. The Labute approximate surface area is 160 Å². The molecule has 1 aliphatic rings. The second-order valence-corrected chi connectivity index (χ2v) is 6.85. The van der Waals surface area contributed by atoms with Gasteiger partial charge in [-0.1, -0.05) is 6.92 Å². The Morgan fingerprint density at radius 3 is 2.24 bits per heavy atom. The molecule has 3 atom stereocenters. The highest BCUT2D eigenvalue weighted by molar-refractivity contribution is 5.62. The minimum absolute atomic E-state index is 0.0190. The number of nitrogens with zero attached hydrogens (tertiary/aromatic N) is 3. The molecule has 0 radical (unpaired) electrons. The van der Waals surface area contributed by atoms with Crippen LogP contribution >= 0.6 is 0 Å². The van der Waals surface area contributed by atoms with Crippen molar-refractivity contribution in [3.05, 3.63) is 17.7 Å². The minimum atomic E-state index is -4.69. The molecule has 1 aromatic rings. The molecule has 0 amide bonds. The van der Waals surface area contributed by atoms with Gasteiger partial charge in [-0.25, -0.2) is 13.8 Å². The van der Waals surface area contributed by atoms with Crippen LogP contribution in [0.25, 0.3) is 5.57 Å². The standard InChI is InChI=1S/C16H18F8N4O/c1-7(15(19,20)21)5-11-26-12(9-3-4-14(17,18)10(29)6-9)28-13(27-11)25-8(2)16(22,23)24/h6-8,10,29H,3-5H2,1-2H3,(H,25,26,27,28)/t7-,8+,10+/m0/s1. The van der Waals surface area contributed by atoms with Gasteiger partial charge in [-0.05, 0) is 25.0 Å². The first-order valence-corrected chi connectivity index (χ1v) is 8.51. The molecule has 0 aliphatic heterocycles. The van der Waals surface area contributed by atoms with Crippen LogP contribution in [0.5, 0.6) is 0 Å². The Morgan fingerprint density at radius 2 is 1.72 bits per heavy atom. The maximum Gasteiger partial charge on any atom is 0.408 e. The number of allylic oxidation sites excluding steroid dienone is 1. The number of hydrogen-bond donors (Lipinski definition) is 2. The molecule has 29 heavy (non-hydrogen) atoms. The number of halogens is 8. The van der Waals surface area contributed by atoms with Crippen LogP contribution in [0.4, 0.5) is 41.1 Å². The van der Waals surface area contributed by atoms with Crippen LogP contribution in [0, 0.1) is 5.92 Å². The highest BCUT2D eigenvalue weighted by atomic mass is 19.4. The smallest absolute Gasteiger partial charge is 0.383 e. The number of aliphatic hydroxyl groups excluding tert-OH is 1. The molecule has 0 bridgehead atoms. The quantitative estimate of drug-likeness (QED) is 0.682. The summed E-state index contributed by atoms with van der Waals surface area (Å²) in [5.74, 6) is -6.77. The first-order valence-electron chi connectivity index (χ1n) is 8.51. The van der Waals surface area contributed by atoms with Crippen LogP contribution in [0.3, 0.4) is 0 Å². The van der Waals surface area contributed by atoms with E-state index in [1.807, 2.05) is 5.32 Å². The third kappa shape index (κ3) is 5.97. The molecule has 5 nitrogen and oxygen atoms in total. The van der Waals surface area contributed by atoms with E-state index in [-0.39, 0.29) is 17.8 Å². The highest BCUT2D eigenvalue weighted by Gasteiger charge is 2.41. The van der Waals surface area contributed by atoms with Gasteiger partial charge in [0, 0.05) is 12.8 Å².